The minimum Gasteiger partial charge on any atom is -0.314 e. The zero-order valence-corrected chi connectivity index (χ0v) is 13.0. The number of hydrogen-bond donors (Lipinski definition) is 2. The van der Waals surface area contributed by atoms with Crippen molar-refractivity contribution in [3.8, 4) is 0 Å². The van der Waals surface area contributed by atoms with Gasteiger partial charge in [0.1, 0.15) is 0 Å². The van der Waals surface area contributed by atoms with Crippen LogP contribution in [0.1, 0.15) is 37.7 Å². The molecule has 1 aromatic carbocycles. The van der Waals surface area contributed by atoms with Crippen LogP contribution in [0.5, 0.6) is 0 Å². The molecule has 104 valence electrons. The molecule has 1 saturated heterocycles. The maximum Gasteiger partial charge on any atom is 0.0208 e. The summed E-state index contributed by atoms with van der Waals surface area (Å²) in [4.78, 5) is 0. The highest BCUT2D eigenvalue weighted by atomic mass is 79.9. The van der Waals surface area contributed by atoms with E-state index in [2.05, 4.69) is 50.8 Å². The van der Waals surface area contributed by atoms with Gasteiger partial charge in [-0.25, -0.2) is 0 Å². The standard InChI is InChI=1S/C16H23BrN2/c17-13-8-6-12(7-9-13)11-19-16-4-1-3-14(16)15-5-2-10-18-15/h6-9,14-16,18-19H,1-5,10-11H2. The minimum absolute atomic E-state index is 0.708. The van der Waals surface area contributed by atoms with Gasteiger partial charge in [0.15, 0.2) is 0 Å². The van der Waals surface area contributed by atoms with Crippen molar-refractivity contribution < 1.29 is 0 Å². The van der Waals surface area contributed by atoms with Crippen LogP contribution in [0, 0.1) is 5.92 Å². The number of halogens is 1. The second kappa shape index (κ2) is 6.38. The average molecular weight is 323 g/mol. The summed E-state index contributed by atoms with van der Waals surface area (Å²) >= 11 is 3.49. The van der Waals surface area contributed by atoms with E-state index in [1.807, 2.05) is 0 Å². The molecule has 1 saturated carbocycles. The molecule has 2 fully saturated rings. The lowest BCUT2D eigenvalue weighted by molar-refractivity contribution is 0.320. The molecule has 1 heterocycles. The van der Waals surface area contributed by atoms with Gasteiger partial charge >= 0.3 is 0 Å². The van der Waals surface area contributed by atoms with Crippen LogP contribution in [0.2, 0.25) is 0 Å². The zero-order valence-electron chi connectivity index (χ0n) is 11.4. The van der Waals surface area contributed by atoms with Crippen LogP contribution >= 0.6 is 15.9 Å². The van der Waals surface area contributed by atoms with Gasteiger partial charge in [-0.3, -0.25) is 0 Å². The predicted molar refractivity (Wildman–Crippen MR) is 83.1 cm³/mol. The number of nitrogens with one attached hydrogen (secondary N) is 2. The summed E-state index contributed by atoms with van der Waals surface area (Å²) in [6.45, 7) is 2.22. The average Bonchev–Trinajstić information content (AvgIpc) is 3.08. The number of rotatable bonds is 4. The molecule has 0 radical (unpaired) electrons. The van der Waals surface area contributed by atoms with E-state index >= 15 is 0 Å². The third kappa shape index (κ3) is 3.39. The highest BCUT2D eigenvalue weighted by Gasteiger charge is 2.34. The lowest BCUT2D eigenvalue weighted by Crippen LogP contribution is -2.41. The Hall–Kier alpha value is -0.380. The second-order valence-electron chi connectivity index (χ2n) is 5.91. The SMILES string of the molecule is Brc1ccc(CNC2CCCC2C2CCCN2)cc1. The highest BCUT2D eigenvalue weighted by molar-refractivity contribution is 9.10. The molecule has 1 aliphatic heterocycles. The molecule has 3 atom stereocenters. The molecular formula is C16H23BrN2. The van der Waals surface area contributed by atoms with Crippen LogP contribution in [-0.4, -0.2) is 18.6 Å². The quantitative estimate of drug-likeness (QED) is 0.887. The topological polar surface area (TPSA) is 24.1 Å². The molecule has 2 nitrogen and oxygen atoms in total. The fraction of sp³-hybridized carbons (Fsp3) is 0.625. The Labute approximate surface area is 124 Å². The Morgan fingerprint density at radius 3 is 2.68 bits per heavy atom. The van der Waals surface area contributed by atoms with Crippen molar-refractivity contribution in [3.05, 3.63) is 34.3 Å². The minimum atomic E-state index is 0.708. The van der Waals surface area contributed by atoms with Crippen LogP contribution in [0.25, 0.3) is 0 Å². The Kier molecular flexibility index (Phi) is 4.57. The van der Waals surface area contributed by atoms with Crippen molar-refractivity contribution in [1.82, 2.24) is 10.6 Å². The lowest BCUT2D eigenvalue weighted by atomic mass is 9.93. The van der Waals surface area contributed by atoms with Gasteiger partial charge in [0, 0.05) is 23.1 Å². The summed E-state index contributed by atoms with van der Waals surface area (Å²) in [5, 5.41) is 7.48. The van der Waals surface area contributed by atoms with Crippen LogP contribution in [0.4, 0.5) is 0 Å². The fourth-order valence-corrected chi connectivity index (χ4v) is 3.92. The highest BCUT2D eigenvalue weighted by Crippen LogP contribution is 2.32. The van der Waals surface area contributed by atoms with E-state index in [0.717, 1.165) is 23.0 Å². The second-order valence-corrected chi connectivity index (χ2v) is 6.83. The summed E-state index contributed by atoms with van der Waals surface area (Å²) < 4.78 is 1.16. The molecule has 0 bridgehead atoms. The van der Waals surface area contributed by atoms with E-state index in [4.69, 9.17) is 0 Å². The van der Waals surface area contributed by atoms with E-state index in [1.54, 1.807) is 0 Å². The predicted octanol–water partition coefficient (Wildman–Crippen LogP) is 3.46. The van der Waals surface area contributed by atoms with Gasteiger partial charge in [0.25, 0.3) is 0 Å². The summed E-state index contributed by atoms with van der Waals surface area (Å²) in [5.74, 6) is 0.845. The summed E-state index contributed by atoms with van der Waals surface area (Å²) in [6, 6.07) is 10.1. The van der Waals surface area contributed by atoms with Crippen molar-refractivity contribution in [2.24, 2.45) is 5.92 Å². The molecule has 0 amide bonds. The number of benzene rings is 1. The maximum absolute atomic E-state index is 3.79. The van der Waals surface area contributed by atoms with Crippen LogP contribution in [0.3, 0.4) is 0 Å². The van der Waals surface area contributed by atoms with Gasteiger partial charge in [-0.1, -0.05) is 34.5 Å². The molecule has 0 aromatic heterocycles. The van der Waals surface area contributed by atoms with E-state index < -0.39 is 0 Å². The molecule has 0 spiro atoms. The van der Waals surface area contributed by atoms with E-state index in [1.165, 1.54) is 44.2 Å². The van der Waals surface area contributed by atoms with Gasteiger partial charge in [0.05, 0.1) is 0 Å². The molecule has 3 unspecified atom stereocenters. The van der Waals surface area contributed by atoms with E-state index in [-0.39, 0.29) is 0 Å². The van der Waals surface area contributed by atoms with E-state index in [0.29, 0.717) is 6.04 Å². The van der Waals surface area contributed by atoms with Crippen molar-refractivity contribution in [1.29, 1.82) is 0 Å². The van der Waals surface area contributed by atoms with Gasteiger partial charge in [-0.2, -0.15) is 0 Å². The molecule has 19 heavy (non-hydrogen) atoms. The van der Waals surface area contributed by atoms with Crippen molar-refractivity contribution in [2.45, 2.75) is 50.7 Å². The van der Waals surface area contributed by atoms with E-state index in [9.17, 15) is 0 Å². The molecular weight excluding hydrogens is 300 g/mol. The van der Waals surface area contributed by atoms with Crippen LogP contribution in [-0.2, 0) is 6.54 Å². The third-order valence-corrected chi connectivity index (χ3v) is 5.19. The van der Waals surface area contributed by atoms with Crippen molar-refractivity contribution in [3.63, 3.8) is 0 Å². The summed E-state index contributed by atoms with van der Waals surface area (Å²) in [6.07, 6.45) is 6.87. The van der Waals surface area contributed by atoms with Gasteiger partial charge < -0.3 is 10.6 Å². The molecule has 3 rings (SSSR count). The molecule has 2 N–H and O–H groups in total. The van der Waals surface area contributed by atoms with Crippen LogP contribution in [0.15, 0.2) is 28.7 Å². The monoisotopic (exact) mass is 322 g/mol. The van der Waals surface area contributed by atoms with Crippen molar-refractivity contribution in [2.75, 3.05) is 6.54 Å². The third-order valence-electron chi connectivity index (χ3n) is 4.67. The van der Waals surface area contributed by atoms with Crippen LogP contribution < -0.4 is 10.6 Å². The molecule has 2 aliphatic rings. The summed E-state index contributed by atoms with van der Waals surface area (Å²) in [5.41, 5.74) is 1.38. The Morgan fingerprint density at radius 2 is 1.95 bits per heavy atom. The first-order chi connectivity index (χ1) is 9.33. The first-order valence-corrected chi connectivity index (χ1v) is 8.33. The van der Waals surface area contributed by atoms with Gasteiger partial charge in [-0.05, 0) is 55.8 Å². The largest absolute Gasteiger partial charge is 0.314 e. The number of hydrogen-bond acceptors (Lipinski definition) is 2. The maximum atomic E-state index is 3.79. The molecule has 1 aliphatic carbocycles. The van der Waals surface area contributed by atoms with Gasteiger partial charge in [0.2, 0.25) is 0 Å². The Balaban J connectivity index is 1.55. The van der Waals surface area contributed by atoms with Gasteiger partial charge in [-0.15, -0.1) is 0 Å². The molecule has 1 aromatic rings. The lowest BCUT2D eigenvalue weighted by Gasteiger charge is -2.26. The zero-order chi connectivity index (χ0) is 13.1. The fourth-order valence-electron chi connectivity index (χ4n) is 3.65. The first-order valence-electron chi connectivity index (χ1n) is 7.54. The molecule has 3 heteroatoms. The Morgan fingerprint density at radius 1 is 1.11 bits per heavy atom. The smallest absolute Gasteiger partial charge is 0.0208 e. The Bertz CT molecular complexity index is 398. The normalized spacial score (nSPS) is 30.9. The summed E-state index contributed by atoms with van der Waals surface area (Å²) in [7, 11) is 0. The van der Waals surface area contributed by atoms with Crippen molar-refractivity contribution >= 4 is 15.9 Å². The first kappa shape index (κ1) is 13.6.